The summed E-state index contributed by atoms with van der Waals surface area (Å²) in [7, 11) is 0. The second-order valence-corrected chi connectivity index (χ2v) is 4.52. The summed E-state index contributed by atoms with van der Waals surface area (Å²) in [5.74, 6) is -1.69. The molecule has 0 spiro atoms. The molecule has 0 heterocycles. The van der Waals surface area contributed by atoms with Gasteiger partial charge in [-0.2, -0.15) is 5.26 Å². The second kappa shape index (κ2) is 4.69. The number of nitrogens with zero attached hydrogens (tertiary/aromatic N) is 1. The van der Waals surface area contributed by atoms with Crippen LogP contribution in [0.2, 0.25) is 0 Å². The van der Waals surface area contributed by atoms with Crippen molar-refractivity contribution in [1.82, 2.24) is 0 Å². The lowest BCUT2D eigenvalue weighted by Crippen LogP contribution is -1.97. The fourth-order valence-corrected chi connectivity index (χ4v) is 1.81. The van der Waals surface area contributed by atoms with Crippen LogP contribution in [-0.4, -0.2) is 5.78 Å². The molecule has 0 radical (unpaired) electrons. The molecule has 2 atom stereocenters. The molecule has 0 saturated heterocycles. The SMILES string of the molecule is C[C@@H]1CC1C(=O)/C=C/c1cc(F)c(F)cc1C#N. The van der Waals surface area contributed by atoms with Crippen molar-refractivity contribution >= 4 is 11.9 Å². The van der Waals surface area contributed by atoms with E-state index in [1.165, 1.54) is 12.2 Å². The molecule has 1 aliphatic rings. The maximum absolute atomic E-state index is 13.0. The van der Waals surface area contributed by atoms with Gasteiger partial charge in [0.1, 0.15) is 0 Å². The van der Waals surface area contributed by atoms with Gasteiger partial charge in [-0.1, -0.05) is 13.0 Å². The number of carbonyl (C=O) groups excluding carboxylic acids is 1. The van der Waals surface area contributed by atoms with E-state index in [1.807, 2.05) is 6.92 Å². The van der Waals surface area contributed by atoms with Gasteiger partial charge in [0, 0.05) is 5.92 Å². The highest BCUT2D eigenvalue weighted by atomic mass is 19.2. The summed E-state index contributed by atoms with van der Waals surface area (Å²) in [4.78, 5) is 11.6. The predicted octanol–water partition coefficient (Wildman–Crippen LogP) is 3.07. The molecule has 0 amide bonds. The van der Waals surface area contributed by atoms with Crippen molar-refractivity contribution in [3.05, 3.63) is 41.0 Å². The Balaban J connectivity index is 2.23. The maximum Gasteiger partial charge on any atom is 0.160 e. The number of benzene rings is 1. The molecule has 0 aromatic heterocycles. The number of carbonyl (C=O) groups is 1. The molecule has 1 saturated carbocycles. The van der Waals surface area contributed by atoms with Gasteiger partial charge >= 0.3 is 0 Å². The number of nitriles is 1. The van der Waals surface area contributed by atoms with E-state index in [1.54, 1.807) is 6.07 Å². The average Bonchev–Trinajstić information content (AvgIpc) is 3.07. The van der Waals surface area contributed by atoms with E-state index >= 15 is 0 Å². The Morgan fingerprint density at radius 2 is 2.06 bits per heavy atom. The number of ketones is 1. The van der Waals surface area contributed by atoms with E-state index < -0.39 is 11.6 Å². The normalized spacial score (nSPS) is 21.9. The Morgan fingerprint density at radius 3 is 2.61 bits per heavy atom. The minimum absolute atomic E-state index is 0.0156. The van der Waals surface area contributed by atoms with E-state index in [0.717, 1.165) is 18.6 Å². The number of hydrogen-bond acceptors (Lipinski definition) is 2. The molecule has 1 aromatic rings. The zero-order valence-electron chi connectivity index (χ0n) is 9.78. The van der Waals surface area contributed by atoms with E-state index in [9.17, 15) is 13.6 Å². The van der Waals surface area contributed by atoms with Gasteiger partial charge in [0.05, 0.1) is 11.6 Å². The van der Waals surface area contributed by atoms with Gasteiger partial charge in [-0.3, -0.25) is 4.79 Å². The smallest absolute Gasteiger partial charge is 0.160 e. The predicted molar refractivity (Wildman–Crippen MR) is 62.4 cm³/mol. The zero-order valence-corrected chi connectivity index (χ0v) is 9.78. The van der Waals surface area contributed by atoms with Gasteiger partial charge in [0.2, 0.25) is 0 Å². The topological polar surface area (TPSA) is 40.9 Å². The fourth-order valence-electron chi connectivity index (χ4n) is 1.81. The quantitative estimate of drug-likeness (QED) is 0.770. The number of rotatable bonds is 3. The van der Waals surface area contributed by atoms with Crippen LogP contribution < -0.4 is 0 Å². The number of hydrogen-bond donors (Lipinski definition) is 0. The van der Waals surface area contributed by atoms with Gasteiger partial charge in [0.15, 0.2) is 17.4 Å². The van der Waals surface area contributed by atoms with Crippen LogP contribution in [0.5, 0.6) is 0 Å². The molecule has 18 heavy (non-hydrogen) atoms. The lowest BCUT2D eigenvalue weighted by Gasteiger charge is -1.99. The highest BCUT2D eigenvalue weighted by Gasteiger charge is 2.37. The molecule has 1 unspecified atom stereocenters. The molecule has 1 fully saturated rings. The van der Waals surface area contributed by atoms with E-state index in [0.29, 0.717) is 5.92 Å². The molecule has 4 heteroatoms. The van der Waals surface area contributed by atoms with Crippen LogP contribution in [0.1, 0.15) is 24.5 Å². The second-order valence-electron chi connectivity index (χ2n) is 4.52. The largest absolute Gasteiger partial charge is 0.295 e. The summed E-state index contributed by atoms with van der Waals surface area (Å²) >= 11 is 0. The van der Waals surface area contributed by atoms with E-state index in [-0.39, 0.29) is 22.8 Å². The van der Waals surface area contributed by atoms with Crippen LogP contribution in [0.25, 0.3) is 6.08 Å². The monoisotopic (exact) mass is 247 g/mol. The van der Waals surface area contributed by atoms with Crippen LogP contribution in [0.15, 0.2) is 18.2 Å². The maximum atomic E-state index is 13.0. The molecule has 0 aliphatic heterocycles. The molecule has 0 bridgehead atoms. The summed E-state index contributed by atoms with van der Waals surface area (Å²) < 4.78 is 26.0. The molecule has 2 nitrogen and oxygen atoms in total. The minimum atomic E-state index is -1.06. The number of halogens is 2. The summed E-state index contributed by atoms with van der Waals surface area (Å²) in [5.41, 5.74) is 0.236. The Labute approximate surface area is 104 Å². The van der Waals surface area contributed by atoms with Crippen LogP contribution in [-0.2, 0) is 4.79 Å². The van der Waals surface area contributed by atoms with E-state index in [2.05, 4.69) is 0 Å². The van der Waals surface area contributed by atoms with Crippen molar-refractivity contribution in [3.8, 4) is 6.07 Å². The molecule has 1 aliphatic carbocycles. The van der Waals surface area contributed by atoms with Crippen LogP contribution in [0.3, 0.4) is 0 Å². The lowest BCUT2D eigenvalue weighted by molar-refractivity contribution is -0.115. The lowest BCUT2D eigenvalue weighted by atomic mass is 10.1. The van der Waals surface area contributed by atoms with Crippen LogP contribution in [0.4, 0.5) is 8.78 Å². The summed E-state index contributed by atoms with van der Waals surface area (Å²) in [5, 5.41) is 8.80. The van der Waals surface area contributed by atoms with Crippen molar-refractivity contribution in [2.45, 2.75) is 13.3 Å². The average molecular weight is 247 g/mol. The van der Waals surface area contributed by atoms with Gasteiger partial charge in [-0.25, -0.2) is 8.78 Å². The van der Waals surface area contributed by atoms with Gasteiger partial charge in [-0.05, 0) is 36.1 Å². The van der Waals surface area contributed by atoms with Crippen molar-refractivity contribution in [2.24, 2.45) is 11.8 Å². The summed E-state index contributed by atoms with van der Waals surface area (Å²) in [6.45, 7) is 1.98. The highest BCUT2D eigenvalue weighted by molar-refractivity contribution is 5.97. The first-order chi connectivity index (χ1) is 8.52. The molecular formula is C14H11F2NO. The van der Waals surface area contributed by atoms with Crippen molar-refractivity contribution in [2.75, 3.05) is 0 Å². The molecule has 92 valence electrons. The van der Waals surface area contributed by atoms with Crippen molar-refractivity contribution in [3.63, 3.8) is 0 Å². The van der Waals surface area contributed by atoms with Gasteiger partial charge in [0.25, 0.3) is 0 Å². The number of allylic oxidation sites excluding steroid dienone is 1. The first-order valence-corrected chi connectivity index (χ1v) is 5.64. The first-order valence-electron chi connectivity index (χ1n) is 5.64. The molecule has 2 rings (SSSR count). The third-order valence-electron chi connectivity index (χ3n) is 3.11. The fraction of sp³-hybridized carbons (Fsp3) is 0.286. The summed E-state index contributed by atoms with van der Waals surface area (Å²) in [6, 6.07) is 3.53. The highest BCUT2D eigenvalue weighted by Crippen LogP contribution is 2.38. The molecule has 0 N–H and O–H groups in total. The van der Waals surface area contributed by atoms with Crippen LogP contribution >= 0.6 is 0 Å². The zero-order chi connectivity index (χ0) is 13.3. The van der Waals surface area contributed by atoms with Gasteiger partial charge < -0.3 is 0 Å². The Hall–Kier alpha value is -2.02. The van der Waals surface area contributed by atoms with Gasteiger partial charge in [-0.15, -0.1) is 0 Å². The van der Waals surface area contributed by atoms with E-state index in [4.69, 9.17) is 5.26 Å². The Morgan fingerprint density at radius 1 is 1.44 bits per heavy atom. The first kappa shape index (κ1) is 12.4. The third-order valence-corrected chi connectivity index (χ3v) is 3.11. The molecular weight excluding hydrogens is 236 g/mol. The van der Waals surface area contributed by atoms with Crippen molar-refractivity contribution in [1.29, 1.82) is 5.26 Å². The Kier molecular flexibility index (Phi) is 3.24. The Bertz CT molecular complexity index is 572. The van der Waals surface area contributed by atoms with Crippen molar-refractivity contribution < 1.29 is 13.6 Å². The minimum Gasteiger partial charge on any atom is -0.295 e. The summed E-state index contributed by atoms with van der Waals surface area (Å²) in [6.07, 6.45) is 3.57. The standard InChI is InChI=1S/C14H11F2NO/c1-8-4-11(8)14(18)3-2-9-5-12(15)13(16)6-10(9)7-17/h2-3,5-6,8,11H,4H2,1H3/b3-2+/t8-,11?/m1/s1. The molecule has 1 aromatic carbocycles. The van der Waals surface area contributed by atoms with Crippen LogP contribution in [0, 0.1) is 34.8 Å². The third kappa shape index (κ3) is 2.45.